The Balaban J connectivity index is 2.64. The van der Waals surface area contributed by atoms with Crippen molar-refractivity contribution in [1.29, 1.82) is 5.26 Å². The summed E-state index contributed by atoms with van der Waals surface area (Å²) in [6.07, 6.45) is 0. The van der Waals surface area contributed by atoms with E-state index in [1.807, 2.05) is 6.07 Å². The summed E-state index contributed by atoms with van der Waals surface area (Å²) < 4.78 is 1.32. The Morgan fingerprint density at radius 3 is 2.79 bits per heavy atom. The Bertz CT molecular complexity index is 495. The quantitative estimate of drug-likeness (QED) is 0.682. The first kappa shape index (κ1) is 8.19. The van der Waals surface area contributed by atoms with Crippen LogP contribution in [0.15, 0.2) is 24.3 Å². The fourth-order valence-corrected chi connectivity index (χ4v) is 1.12. The number of para-hydroxylation sites is 1. The average Bonchev–Trinajstić information content (AvgIpc) is 2.64. The molecule has 0 aliphatic heterocycles. The van der Waals surface area contributed by atoms with Gasteiger partial charge in [0.05, 0.1) is 11.3 Å². The summed E-state index contributed by atoms with van der Waals surface area (Å²) >= 11 is 0. The van der Waals surface area contributed by atoms with Crippen LogP contribution in [0.3, 0.4) is 0 Å². The van der Waals surface area contributed by atoms with E-state index in [-0.39, 0.29) is 5.95 Å². The van der Waals surface area contributed by atoms with E-state index in [1.54, 1.807) is 24.3 Å². The molecule has 0 spiro atoms. The van der Waals surface area contributed by atoms with E-state index in [9.17, 15) is 0 Å². The maximum Gasteiger partial charge on any atom is 0.245 e. The van der Waals surface area contributed by atoms with Crippen LogP contribution in [0.4, 0.5) is 5.95 Å². The van der Waals surface area contributed by atoms with Crippen LogP contribution in [0.1, 0.15) is 5.56 Å². The fraction of sp³-hybridized carbons (Fsp3) is 0. The second-order valence-electron chi connectivity index (χ2n) is 2.58. The number of rotatable bonds is 1. The number of hydrogen-bond donors (Lipinski definition) is 1. The van der Waals surface area contributed by atoms with Gasteiger partial charge < -0.3 is 5.73 Å². The van der Waals surface area contributed by atoms with Crippen LogP contribution in [0.2, 0.25) is 0 Å². The number of hydrogen-bond acceptors (Lipinski definition) is 5. The molecule has 0 bridgehead atoms. The average molecular weight is 186 g/mol. The molecule has 0 unspecified atom stereocenters. The number of benzene rings is 1. The van der Waals surface area contributed by atoms with Gasteiger partial charge in [-0.25, -0.2) is 0 Å². The molecule has 1 aromatic carbocycles. The number of nitriles is 1. The topological polar surface area (TPSA) is 93.4 Å². The van der Waals surface area contributed by atoms with E-state index < -0.39 is 0 Å². The highest BCUT2D eigenvalue weighted by Crippen LogP contribution is 2.13. The van der Waals surface area contributed by atoms with Crippen molar-refractivity contribution < 1.29 is 0 Å². The van der Waals surface area contributed by atoms with Crippen molar-refractivity contribution in [3.8, 4) is 11.8 Å². The first-order valence-corrected chi connectivity index (χ1v) is 3.86. The standard InChI is InChI=1S/C8H6N6/c9-5-6-3-1-2-4-7(6)14-8(10)11-12-13-14/h1-4H,(H2,10,11,13). The van der Waals surface area contributed by atoms with Gasteiger partial charge >= 0.3 is 0 Å². The molecule has 0 aliphatic rings. The minimum atomic E-state index is 0.160. The van der Waals surface area contributed by atoms with Gasteiger partial charge in [-0.15, -0.1) is 0 Å². The zero-order valence-electron chi connectivity index (χ0n) is 7.12. The van der Waals surface area contributed by atoms with E-state index in [0.717, 1.165) is 0 Å². The summed E-state index contributed by atoms with van der Waals surface area (Å²) in [7, 11) is 0. The number of nitrogens with two attached hydrogens (primary N) is 1. The maximum atomic E-state index is 8.84. The fourth-order valence-electron chi connectivity index (χ4n) is 1.12. The third-order valence-electron chi connectivity index (χ3n) is 1.75. The van der Waals surface area contributed by atoms with E-state index in [1.165, 1.54) is 4.68 Å². The summed E-state index contributed by atoms with van der Waals surface area (Å²) in [5.74, 6) is 0.160. The molecule has 68 valence electrons. The third-order valence-corrected chi connectivity index (χ3v) is 1.75. The number of nitrogens with zero attached hydrogens (tertiary/aromatic N) is 5. The molecule has 14 heavy (non-hydrogen) atoms. The monoisotopic (exact) mass is 186 g/mol. The second kappa shape index (κ2) is 3.14. The molecular weight excluding hydrogens is 180 g/mol. The number of tetrazole rings is 1. The van der Waals surface area contributed by atoms with Crippen molar-refractivity contribution in [2.24, 2.45) is 0 Å². The van der Waals surface area contributed by atoms with Gasteiger partial charge in [-0.3, -0.25) is 0 Å². The van der Waals surface area contributed by atoms with Gasteiger partial charge in [0.15, 0.2) is 0 Å². The largest absolute Gasteiger partial charge is 0.366 e. The maximum absolute atomic E-state index is 8.84. The predicted octanol–water partition coefficient (Wildman–Crippen LogP) is 0.116. The van der Waals surface area contributed by atoms with Crippen molar-refractivity contribution >= 4 is 5.95 Å². The van der Waals surface area contributed by atoms with Crippen LogP contribution >= 0.6 is 0 Å². The lowest BCUT2D eigenvalue weighted by Crippen LogP contribution is -2.04. The highest BCUT2D eigenvalue weighted by atomic mass is 15.6. The van der Waals surface area contributed by atoms with Crippen LogP contribution in [0, 0.1) is 11.3 Å². The van der Waals surface area contributed by atoms with Gasteiger partial charge in [-0.1, -0.05) is 17.2 Å². The summed E-state index contributed by atoms with van der Waals surface area (Å²) in [5.41, 5.74) is 6.57. The molecule has 1 aromatic heterocycles. The molecule has 6 heteroatoms. The Kier molecular flexibility index (Phi) is 1.84. The highest BCUT2D eigenvalue weighted by molar-refractivity contribution is 5.50. The summed E-state index contributed by atoms with van der Waals surface area (Å²) in [4.78, 5) is 0. The molecule has 0 fully saturated rings. The van der Waals surface area contributed by atoms with Crippen LogP contribution in [-0.4, -0.2) is 20.2 Å². The van der Waals surface area contributed by atoms with Crippen molar-refractivity contribution in [2.45, 2.75) is 0 Å². The van der Waals surface area contributed by atoms with Crippen molar-refractivity contribution in [2.75, 3.05) is 5.73 Å². The second-order valence-corrected chi connectivity index (χ2v) is 2.58. The van der Waals surface area contributed by atoms with Gasteiger partial charge in [0.25, 0.3) is 0 Å². The van der Waals surface area contributed by atoms with Crippen molar-refractivity contribution in [1.82, 2.24) is 20.2 Å². The van der Waals surface area contributed by atoms with E-state index in [0.29, 0.717) is 11.3 Å². The lowest BCUT2D eigenvalue weighted by atomic mass is 10.2. The van der Waals surface area contributed by atoms with Gasteiger partial charge in [0, 0.05) is 0 Å². The normalized spacial score (nSPS) is 9.64. The Hall–Kier alpha value is -2.42. The zero-order chi connectivity index (χ0) is 9.97. The molecule has 2 aromatic rings. The van der Waals surface area contributed by atoms with Gasteiger partial charge in [-0.2, -0.15) is 9.94 Å². The first-order chi connectivity index (χ1) is 6.83. The Morgan fingerprint density at radius 1 is 1.36 bits per heavy atom. The zero-order valence-corrected chi connectivity index (χ0v) is 7.12. The van der Waals surface area contributed by atoms with Gasteiger partial charge in [-0.05, 0) is 22.6 Å². The Labute approximate surface area is 79.6 Å². The van der Waals surface area contributed by atoms with Crippen LogP contribution in [0.5, 0.6) is 0 Å². The summed E-state index contributed by atoms with van der Waals surface area (Å²) in [6, 6.07) is 9.00. The molecule has 2 rings (SSSR count). The van der Waals surface area contributed by atoms with E-state index >= 15 is 0 Å². The molecule has 0 aliphatic carbocycles. The van der Waals surface area contributed by atoms with Crippen LogP contribution in [0.25, 0.3) is 5.69 Å². The molecule has 0 saturated carbocycles. The van der Waals surface area contributed by atoms with Gasteiger partial charge in [0.2, 0.25) is 5.95 Å². The number of anilines is 1. The molecule has 0 radical (unpaired) electrons. The number of nitrogen functional groups attached to an aromatic ring is 1. The van der Waals surface area contributed by atoms with E-state index in [2.05, 4.69) is 15.5 Å². The SMILES string of the molecule is N#Cc1ccccc1-n1nnnc1N. The number of aromatic nitrogens is 4. The predicted molar refractivity (Wildman–Crippen MR) is 48.3 cm³/mol. The molecule has 1 heterocycles. The minimum absolute atomic E-state index is 0.160. The first-order valence-electron chi connectivity index (χ1n) is 3.86. The molecular formula is C8H6N6. The smallest absolute Gasteiger partial charge is 0.245 e. The molecule has 0 atom stereocenters. The minimum Gasteiger partial charge on any atom is -0.366 e. The Morgan fingerprint density at radius 2 is 2.14 bits per heavy atom. The van der Waals surface area contributed by atoms with E-state index in [4.69, 9.17) is 11.0 Å². The van der Waals surface area contributed by atoms with Crippen molar-refractivity contribution in [3.63, 3.8) is 0 Å². The summed E-state index contributed by atoms with van der Waals surface area (Å²) in [6.45, 7) is 0. The third kappa shape index (κ3) is 1.17. The lowest BCUT2D eigenvalue weighted by molar-refractivity contribution is 0.790. The molecule has 6 nitrogen and oxygen atoms in total. The highest BCUT2D eigenvalue weighted by Gasteiger charge is 2.07. The molecule has 2 N–H and O–H groups in total. The summed E-state index contributed by atoms with van der Waals surface area (Å²) in [5, 5.41) is 19.5. The van der Waals surface area contributed by atoms with Crippen LogP contribution < -0.4 is 5.73 Å². The van der Waals surface area contributed by atoms with Crippen LogP contribution in [-0.2, 0) is 0 Å². The van der Waals surface area contributed by atoms with Crippen molar-refractivity contribution in [3.05, 3.63) is 29.8 Å². The van der Waals surface area contributed by atoms with Gasteiger partial charge in [0.1, 0.15) is 6.07 Å². The molecule has 0 saturated heterocycles. The molecule has 0 amide bonds. The lowest BCUT2D eigenvalue weighted by Gasteiger charge is -2.01.